The molecule has 0 saturated heterocycles. The summed E-state index contributed by atoms with van der Waals surface area (Å²) in [4.78, 5) is 11.9. The van der Waals surface area contributed by atoms with E-state index >= 15 is 0 Å². The molecule has 0 radical (unpaired) electrons. The van der Waals surface area contributed by atoms with E-state index in [4.69, 9.17) is 5.73 Å². The maximum atomic E-state index is 13.1. The van der Waals surface area contributed by atoms with E-state index in [1.165, 1.54) is 18.2 Å². The van der Waals surface area contributed by atoms with Crippen LogP contribution in [0.2, 0.25) is 0 Å². The van der Waals surface area contributed by atoms with Crippen LogP contribution >= 0.6 is 15.9 Å². The fourth-order valence-electron chi connectivity index (χ4n) is 1.69. The van der Waals surface area contributed by atoms with Crippen LogP contribution in [0.4, 0.5) is 4.39 Å². The van der Waals surface area contributed by atoms with Gasteiger partial charge in [0.2, 0.25) is 0 Å². The van der Waals surface area contributed by atoms with Crippen molar-refractivity contribution in [3.8, 4) is 0 Å². The zero-order valence-electron chi connectivity index (χ0n) is 10.5. The Morgan fingerprint density at radius 2 is 2.17 bits per heavy atom. The highest BCUT2D eigenvalue weighted by atomic mass is 79.9. The van der Waals surface area contributed by atoms with Crippen LogP contribution in [0.25, 0.3) is 0 Å². The maximum Gasteiger partial charge on any atom is 0.251 e. The third-order valence-corrected chi connectivity index (χ3v) is 3.17. The van der Waals surface area contributed by atoms with Gasteiger partial charge in [-0.05, 0) is 46.5 Å². The van der Waals surface area contributed by atoms with Gasteiger partial charge in [0, 0.05) is 18.2 Å². The van der Waals surface area contributed by atoms with Crippen molar-refractivity contribution < 1.29 is 9.18 Å². The lowest BCUT2D eigenvalue weighted by atomic mass is 10.0. The Labute approximate surface area is 115 Å². The fourth-order valence-corrected chi connectivity index (χ4v) is 2.07. The molecule has 0 heterocycles. The second-order valence-electron chi connectivity index (χ2n) is 4.66. The first-order chi connectivity index (χ1) is 8.43. The molecule has 5 heteroatoms. The minimum atomic E-state index is -0.385. The van der Waals surface area contributed by atoms with Crippen molar-refractivity contribution in [2.45, 2.75) is 26.3 Å². The van der Waals surface area contributed by atoms with Gasteiger partial charge in [0.15, 0.2) is 0 Å². The topological polar surface area (TPSA) is 55.1 Å². The fraction of sp³-hybridized carbons (Fsp3) is 0.462. The van der Waals surface area contributed by atoms with Crippen molar-refractivity contribution in [1.29, 1.82) is 0 Å². The van der Waals surface area contributed by atoms with E-state index < -0.39 is 0 Å². The van der Waals surface area contributed by atoms with Gasteiger partial charge < -0.3 is 11.1 Å². The molecule has 0 spiro atoms. The van der Waals surface area contributed by atoms with Gasteiger partial charge in [-0.25, -0.2) is 4.39 Å². The summed E-state index contributed by atoms with van der Waals surface area (Å²) < 4.78 is 13.3. The molecule has 0 fully saturated rings. The summed E-state index contributed by atoms with van der Waals surface area (Å²) in [7, 11) is 0. The van der Waals surface area contributed by atoms with Crippen molar-refractivity contribution in [3.05, 3.63) is 34.1 Å². The lowest BCUT2D eigenvalue weighted by Crippen LogP contribution is -2.41. The molecule has 0 aliphatic carbocycles. The van der Waals surface area contributed by atoms with Crippen LogP contribution in [-0.4, -0.2) is 18.5 Å². The predicted molar refractivity (Wildman–Crippen MR) is 73.9 cm³/mol. The molecule has 1 unspecified atom stereocenters. The molecule has 0 saturated carbocycles. The summed E-state index contributed by atoms with van der Waals surface area (Å²) >= 11 is 3.06. The van der Waals surface area contributed by atoms with Crippen LogP contribution in [-0.2, 0) is 0 Å². The molecular formula is C13H18BrFN2O. The number of carbonyl (C=O) groups excluding carboxylic acids is 1. The monoisotopic (exact) mass is 316 g/mol. The van der Waals surface area contributed by atoms with Crippen LogP contribution < -0.4 is 11.1 Å². The van der Waals surface area contributed by atoms with Crippen molar-refractivity contribution in [3.63, 3.8) is 0 Å². The van der Waals surface area contributed by atoms with E-state index in [1.807, 2.05) is 0 Å². The molecule has 1 amide bonds. The number of hydrogen-bond donors (Lipinski definition) is 2. The number of nitrogens with two attached hydrogens (primary N) is 1. The van der Waals surface area contributed by atoms with Gasteiger partial charge in [-0.2, -0.15) is 0 Å². The van der Waals surface area contributed by atoms with E-state index in [0.29, 0.717) is 18.0 Å². The quantitative estimate of drug-likeness (QED) is 0.877. The molecule has 100 valence electrons. The predicted octanol–water partition coefficient (Wildman–Crippen LogP) is 2.69. The van der Waals surface area contributed by atoms with Gasteiger partial charge in [0.25, 0.3) is 5.91 Å². The average molecular weight is 317 g/mol. The SMILES string of the molecule is CC(C)CC(CN)NC(=O)c1ccc(F)c(Br)c1. The normalized spacial score (nSPS) is 12.6. The van der Waals surface area contributed by atoms with E-state index in [1.54, 1.807) is 0 Å². The number of carbonyl (C=O) groups is 1. The first-order valence-electron chi connectivity index (χ1n) is 5.90. The second-order valence-corrected chi connectivity index (χ2v) is 5.52. The van der Waals surface area contributed by atoms with Crippen molar-refractivity contribution in [1.82, 2.24) is 5.32 Å². The molecule has 3 N–H and O–H groups in total. The average Bonchev–Trinajstić information content (AvgIpc) is 2.31. The number of nitrogens with one attached hydrogen (secondary N) is 1. The summed E-state index contributed by atoms with van der Waals surface area (Å²) in [6.07, 6.45) is 0.824. The third kappa shape index (κ3) is 4.38. The molecule has 1 atom stereocenters. The zero-order chi connectivity index (χ0) is 13.7. The highest BCUT2D eigenvalue weighted by Crippen LogP contribution is 2.17. The Kier molecular flexibility index (Phi) is 5.75. The van der Waals surface area contributed by atoms with Gasteiger partial charge in [0.05, 0.1) is 4.47 Å². The Hall–Kier alpha value is -0.940. The lowest BCUT2D eigenvalue weighted by molar-refractivity contribution is 0.0933. The number of hydrogen-bond acceptors (Lipinski definition) is 2. The highest BCUT2D eigenvalue weighted by Gasteiger charge is 2.14. The molecule has 0 aliphatic heterocycles. The van der Waals surface area contributed by atoms with Crippen molar-refractivity contribution in [2.75, 3.05) is 6.54 Å². The first-order valence-corrected chi connectivity index (χ1v) is 6.69. The Bertz CT molecular complexity index is 423. The molecule has 0 bridgehead atoms. The number of rotatable bonds is 5. The third-order valence-electron chi connectivity index (χ3n) is 2.56. The van der Waals surface area contributed by atoms with E-state index in [9.17, 15) is 9.18 Å². The number of halogens is 2. The highest BCUT2D eigenvalue weighted by molar-refractivity contribution is 9.10. The van der Waals surface area contributed by atoms with Crippen LogP contribution in [0, 0.1) is 11.7 Å². The van der Waals surface area contributed by atoms with Crippen LogP contribution in [0.15, 0.2) is 22.7 Å². The number of amides is 1. The summed E-state index contributed by atoms with van der Waals surface area (Å²) in [5, 5.41) is 2.85. The molecule has 18 heavy (non-hydrogen) atoms. The first kappa shape index (κ1) is 15.1. The largest absolute Gasteiger partial charge is 0.348 e. The number of benzene rings is 1. The molecule has 1 aromatic rings. The Morgan fingerprint density at radius 3 is 2.67 bits per heavy atom. The molecular weight excluding hydrogens is 299 g/mol. The van der Waals surface area contributed by atoms with Gasteiger partial charge >= 0.3 is 0 Å². The second kappa shape index (κ2) is 6.85. The maximum absolute atomic E-state index is 13.1. The summed E-state index contributed by atoms with van der Waals surface area (Å²) in [6.45, 7) is 4.54. The van der Waals surface area contributed by atoms with Crippen LogP contribution in [0.3, 0.4) is 0 Å². The lowest BCUT2D eigenvalue weighted by Gasteiger charge is -2.18. The summed E-state index contributed by atoms with van der Waals surface area (Å²) in [5.41, 5.74) is 6.04. The molecule has 1 aromatic carbocycles. The Balaban J connectivity index is 2.71. The van der Waals surface area contributed by atoms with E-state index in [0.717, 1.165) is 6.42 Å². The van der Waals surface area contributed by atoms with E-state index in [2.05, 4.69) is 35.1 Å². The van der Waals surface area contributed by atoms with Crippen LogP contribution in [0.5, 0.6) is 0 Å². The summed E-state index contributed by atoms with van der Waals surface area (Å²) in [5.74, 6) is -0.158. The van der Waals surface area contributed by atoms with Gasteiger partial charge in [-0.15, -0.1) is 0 Å². The molecule has 0 aliphatic rings. The smallest absolute Gasteiger partial charge is 0.251 e. The van der Waals surface area contributed by atoms with Crippen molar-refractivity contribution >= 4 is 21.8 Å². The molecule has 3 nitrogen and oxygen atoms in total. The minimum absolute atomic E-state index is 0.0543. The Morgan fingerprint density at radius 1 is 1.50 bits per heavy atom. The summed E-state index contributed by atoms with van der Waals surface area (Å²) in [6, 6.07) is 4.13. The van der Waals surface area contributed by atoms with Gasteiger partial charge in [0.1, 0.15) is 5.82 Å². The van der Waals surface area contributed by atoms with E-state index in [-0.39, 0.29) is 22.2 Å². The van der Waals surface area contributed by atoms with Gasteiger partial charge in [-0.3, -0.25) is 4.79 Å². The molecule has 0 aromatic heterocycles. The standard InChI is InChI=1S/C13H18BrFN2O/c1-8(2)5-10(7-16)17-13(18)9-3-4-12(15)11(14)6-9/h3-4,6,8,10H,5,7,16H2,1-2H3,(H,17,18). The van der Waals surface area contributed by atoms with Crippen molar-refractivity contribution in [2.24, 2.45) is 11.7 Å². The zero-order valence-corrected chi connectivity index (χ0v) is 12.1. The van der Waals surface area contributed by atoms with Crippen LogP contribution in [0.1, 0.15) is 30.6 Å². The molecule has 1 rings (SSSR count). The minimum Gasteiger partial charge on any atom is -0.348 e. The van der Waals surface area contributed by atoms with Gasteiger partial charge in [-0.1, -0.05) is 13.8 Å².